The van der Waals surface area contributed by atoms with E-state index in [1.165, 1.54) is 12.1 Å². The first-order valence-corrected chi connectivity index (χ1v) is 9.77. The SMILES string of the molecule is CCn1c(CNC(=O)CCNS(=O)(=O)c2ccccc2Cl)n[nH]c1=S. The second kappa shape index (κ2) is 8.56. The maximum absolute atomic E-state index is 12.1. The summed E-state index contributed by atoms with van der Waals surface area (Å²) >= 11 is 10.9. The fourth-order valence-electron chi connectivity index (χ4n) is 2.12. The molecule has 0 saturated carbocycles. The van der Waals surface area contributed by atoms with E-state index in [-0.39, 0.29) is 35.3 Å². The Bertz CT molecular complexity index is 907. The molecule has 0 aliphatic carbocycles. The summed E-state index contributed by atoms with van der Waals surface area (Å²) in [6, 6.07) is 6.11. The number of H-pyrrole nitrogens is 1. The normalized spacial score (nSPS) is 11.4. The molecule has 1 amide bonds. The van der Waals surface area contributed by atoms with Gasteiger partial charge in [0.1, 0.15) is 4.90 Å². The molecule has 0 fully saturated rings. The van der Waals surface area contributed by atoms with Crippen LogP contribution in [-0.2, 0) is 27.9 Å². The molecule has 136 valence electrons. The Kier molecular flexibility index (Phi) is 6.71. The van der Waals surface area contributed by atoms with Gasteiger partial charge in [0.15, 0.2) is 10.6 Å². The number of nitrogens with one attached hydrogen (secondary N) is 3. The van der Waals surface area contributed by atoms with Gasteiger partial charge in [0.2, 0.25) is 15.9 Å². The van der Waals surface area contributed by atoms with E-state index in [0.717, 1.165) is 0 Å². The number of hydrogen-bond acceptors (Lipinski definition) is 5. The number of hydrogen-bond donors (Lipinski definition) is 3. The molecule has 2 rings (SSSR count). The molecule has 0 unspecified atom stereocenters. The van der Waals surface area contributed by atoms with Crippen molar-refractivity contribution in [2.24, 2.45) is 0 Å². The zero-order chi connectivity index (χ0) is 18.4. The number of halogens is 1. The third-order valence-electron chi connectivity index (χ3n) is 3.37. The van der Waals surface area contributed by atoms with Gasteiger partial charge in [0, 0.05) is 19.5 Å². The molecule has 25 heavy (non-hydrogen) atoms. The monoisotopic (exact) mass is 403 g/mol. The van der Waals surface area contributed by atoms with Gasteiger partial charge in [-0.05, 0) is 31.3 Å². The van der Waals surface area contributed by atoms with Gasteiger partial charge in [-0.2, -0.15) is 5.10 Å². The van der Waals surface area contributed by atoms with Crippen molar-refractivity contribution in [1.29, 1.82) is 0 Å². The van der Waals surface area contributed by atoms with Gasteiger partial charge in [0.05, 0.1) is 11.6 Å². The average molecular weight is 404 g/mol. The molecule has 1 heterocycles. The predicted molar refractivity (Wildman–Crippen MR) is 96.2 cm³/mol. The van der Waals surface area contributed by atoms with Crippen LogP contribution in [0.25, 0.3) is 0 Å². The molecule has 0 aliphatic heterocycles. The molecule has 0 radical (unpaired) electrons. The molecule has 1 aromatic carbocycles. The van der Waals surface area contributed by atoms with Crippen LogP contribution in [0.4, 0.5) is 0 Å². The van der Waals surface area contributed by atoms with Gasteiger partial charge in [-0.3, -0.25) is 9.89 Å². The molecule has 0 atom stereocenters. The van der Waals surface area contributed by atoms with Crippen molar-refractivity contribution >= 4 is 39.7 Å². The number of aromatic amines is 1. The highest BCUT2D eigenvalue weighted by Crippen LogP contribution is 2.19. The fourth-order valence-corrected chi connectivity index (χ4v) is 3.95. The summed E-state index contributed by atoms with van der Waals surface area (Å²) in [7, 11) is -3.76. The summed E-state index contributed by atoms with van der Waals surface area (Å²) in [4.78, 5) is 11.8. The van der Waals surface area contributed by atoms with Crippen molar-refractivity contribution in [1.82, 2.24) is 24.8 Å². The van der Waals surface area contributed by atoms with E-state index in [1.807, 2.05) is 6.92 Å². The summed E-state index contributed by atoms with van der Waals surface area (Å²) in [6.07, 6.45) is -0.0129. The Morgan fingerprint density at radius 2 is 2.12 bits per heavy atom. The van der Waals surface area contributed by atoms with E-state index in [9.17, 15) is 13.2 Å². The van der Waals surface area contributed by atoms with Gasteiger partial charge in [-0.1, -0.05) is 23.7 Å². The number of amides is 1. The van der Waals surface area contributed by atoms with E-state index in [2.05, 4.69) is 20.2 Å². The number of aromatic nitrogens is 3. The molecule has 2 aromatic rings. The third kappa shape index (κ3) is 5.11. The Morgan fingerprint density at radius 1 is 1.40 bits per heavy atom. The van der Waals surface area contributed by atoms with Gasteiger partial charge in [-0.15, -0.1) is 0 Å². The molecule has 0 spiro atoms. The van der Waals surface area contributed by atoms with E-state index in [0.29, 0.717) is 17.1 Å². The van der Waals surface area contributed by atoms with Gasteiger partial charge >= 0.3 is 0 Å². The lowest BCUT2D eigenvalue weighted by Gasteiger charge is -2.09. The van der Waals surface area contributed by atoms with Gasteiger partial charge in [0.25, 0.3) is 0 Å². The number of rotatable bonds is 8. The van der Waals surface area contributed by atoms with Crippen molar-refractivity contribution in [3.05, 3.63) is 39.9 Å². The summed E-state index contributed by atoms with van der Waals surface area (Å²) in [5.74, 6) is 0.302. The summed E-state index contributed by atoms with van der Waals surface area (Å²) < 4.78 is 28.9. The molecule has 0 bridgehead atoms. The number of sulfonamides is 1. The van der Waals surface area contributed by atoms with E-state index >= 15 is 0 Å². The minimum absolute atomic E-state index is 0.0129. The zero-order valence-corrected chi connectivity index (χ0v) is 15.8. The summed E-state index contributed by atoms with van der Waals surface area (Å²) in [5, 5.41) is 9.49. The lowest BCUT2D eigenvalue weighted by atomic mass is 10.4. The molecule has 0 aliphatic rings. The molecular weight excluding hydrogens is 386 g/mol. The number of benzene rings is 1. The Hall–Kier alpha value is -1.75. The van der Waals surface area contributed by atoms with Gasteiger partial charge < -0.3 is 9.88 Å². The van der Waals surface area contributed by atoms with Gasteiger partial charge in [-0.25, -0.2) is 13.1 Å². The molecule has 8 nitrogen and oxygen atoms in total. The van der Waals surface area contributed by atoms with Crippen molar-refractivity contribution < 1.29 is 13.2 Å². The maximum atomic E-state index is 12.1. The Labute approximate surface area is 155 Å². The van der Waals surface area contributed by atoms with E-state index in [4.69, 9.17) is 23.8 Å². The van der Waals surface area contributed by atoms with Crippen LogP contribution in [0.2, 0.25) is 5.02 Å². The standard InChI is InChI=1S/C14H18ClN5O3S2/c1-2-20-12(18-19-14(20)24)9-16-13(21)7-8-17-25(22,23)11-6-4-3-5-10(11)15/h3-6,17H,2,7-9H2,1H3,(H,16,21)(H,19,24). The lowest BCUT2D eigenvalue weighted by molar-refractivity contribution is -0.121. The molecule has 3 N–H and O–H groups in total. The van der Waals surface area contributed by atoms with Crippen molar-refractivity contribution in [3.63, 3.8) is 0 Å². The van der Waals surface area contributed by atoms with Crippen molar-refractivity contribution in [2.45, 2.75) is 31.3 Å². The van der Waals surface area contributed by atoms with Crippen LogP contribution in [0, 0.1) is 4.77 Å². The molecular formula is C14H18ClN5O3S2. The average Bonchev–Trinajstić information content (AvgIpc) is 2.92. The number of carbonyl (C=O) groups is 1. The first-order valence-electron chi connectivity index (χ1n) is 7.50. The largest absolute Gasteiger partial charge is 0.349 e. The minimum atomic E-state index is -3.76. The molecule has 0 saturated heterocycles. The number of nitrogens with zero attached hydrogens (tertiary/aromatic N) is 2. The molecule has 1 aromatic heterocycles. The Balaban J connectivity index is 1.84. The van der Waals surface area contributed by atoms with Crippen LogP contribution >= 0.6 is 23.8 Å². The van der Waals surface area contributed by atoms with Crippen molar-refractivity contribution in [3.8, 4) is 0 Å². The van der Waals surface area contributed by atoms with Crippen LogP contribution in [0.15, 0.2) is 29.2 Å². The zero-order valence-electron chi connectivity index (χ0n) is 13.5. The van der Waals surface area contributed by atoms with Crippen LogP contribution in [0.5, 0.6) is 0 Å². The first kappa shape index (κ1) is 19.6. The third-order valence-corrected chi connectivity index (χ3v) is 5.64. The maximum Gasteiger partial charge on any atom is 0.242 e. The fraction of sp³-hybridized carbons (Fsp3) is 0.357. The number of carbonyl (C=O) groups excluding carboxylic acids is 1. The highest BCUT2D eigenvalue weighted by Gasteiger charge is 2.17. The lowest BCUT2D eigenvalue weighted by Crippen LogP contribution is -2.31. The highest BCUT2D eigenvalue weighted by molar-refractivity contribution is 7.89. The van der Waals surface area contributed by atoms with E-state index < -0.39 is 10.0 Å². The minimum Gasteiger partial charge on any atom is -0.349 e. The van der Waals surface area contributed by atoms with Crippen molar-refractivity contribution in [2.75, 3.05) is 6.54 Å². The van der Waals surface area contributed by atoms with Crippen LogP contribution in [-0.4, -0.2) is 35.6 Å². The van der Waals surface area contributed by atoms with Crippen LogP contribution in [0.1, 0.15) is 19.2 Å². The summed E-state index contributed by atoms with van der Waals surface area (Å²) in [6.45, 7) is 2.72. The second-order valence-electron chi connectivity index (χ2n) is 5.04. The highest BCUT2D eigenvalue weighted by atomic mass is 35.5. The Morgan fingerprint density at radius 3 is 2.80 bits per heavy atom. The topological polar surface area (TPSA) is 109 Å². The quantitative estimate of drug-likeness (QED) is 0.580. The predicted octanol–water partition coefficient (Wildman–Crippen LogP) is 1.60. The summed E-state index contributed by atoms with van der Waals surface area (Å²) in [5.41, 5.74) is 0. The van der Waals surface area contributed by atoms with Crippen LogP contribution < -0.4 is 10.0 Å². The van der Waals surface area contributed by atoms with Crippen LogP contribution in [0.3, 0.4) is 0 Å². The smallest absolute Gasteiger partial charge is 0.242 e. The molecule has 11 heteroatoms. The second-order valence-corrected chi connectivity index (χ2v) is 7.57. The van der Waals surface area contributed by atoms with E-state index in [1.54, 1.807) is 16.7 Å². The first-order chi connectivity index (χ1) is 11.8.